The lowest BCUT2D eigenvalue weighted by Gasteiger charge is -2.24. The molecule has 0 unspecified atom stereocenters. The van der Waals surface area contributed by atoms with Gasteiger partial charge in [-0.2, -0.15) is 0 Å². The van der Waals surface area contributed by atoms with Crippen LogP contribution in [0.25, 0.3) is 0 Å². The molecule has 0 aliphatic carbocycles. The Kier molecular flexibility index (Phi) is 5.94. The summed E-state index contributed by atoms with van der Waals surface area (Å²) < 4.78 is 32.6. The Hall–Kier alpha value is -0.470. The first kappa shape index (κ1) is 16.6. The maximum absolute atomic E-state index is 12.1. The van der Waals surface area contributed by atoms with E-state index < -0.39 is 15.6 Å². The van der Waals surface area contributed by atoms with Gasteiger partial charge in [0.15, 0.2) is 0 Å². The lowest BCUT2D eigenvalue weighted by Crippen LogP contribution is -2.40. The fourth-order valence-electron chi connectivity index (χ4n) is 1.57. The second-order valence-electron chi connectivity index (χ2n) is 4.82. The van der Waals surface area contributed by atoms with Crippen molar-refractivity contribution >= 4 is 21.4 Å². The second-order valence-corrected chi connectivity index (χ2v) is 7.73. The molecule has 0 fully saturated rings. The van der Waals surface area contributed by atoms with Crippen molar-refractivity contribution in [3.05, 3.63) is 17.0 Å². The van der Waals surface area contributed by atoms with Crippen LogP contribution in [0, 0.1) is 0 Å². The van der Waals surface area contributed by atoms with Gasteiger partial charge >= 0.3 is 0 Å². The van der Waals surface area contributed by atoms with Crippen LogP contribution in [0.5, 0.6) is 0 Å². The number of rotatable bonds is 8. The molecule has 1 aromatic rings. The van der Waals surface area contributed by atoms with E-state index in [9.17, 15) is 8.42 Å². The van der Waals surface area contributed by atoms with E-state index in [1.54, 1.807) is 6.07 Å². The number of nitrogens with one attached hydrogen (secondary N) is 2. The third-order valence-electron chi connectivity index (χ3n) is 2.50. The molecule has 0 bridgehead atoms. The first-order chi connectivity index (χ1) is 8.80. The summed E-state index contributed by atoms with van der Waals surface area (Å²) in [5, 5.41) is 4.84. The van der Waals surface area contributed by atoms with E-state index in [0.717, 1.165) is 5.56 Å². The molecule has 0 spiro atoms. The van der Waals surface area contributed by atoms with Crippen molar-refractivity contribution < 1.29 is 13.2 Å². The highest BCUT2D eigenvalue weighted by Gasteiger charge is 2.23. The largest absolute Gasteiger partial charge is 0.375 e. The van der Waals surface area contributed by atoms with E-state index in [1.165, 1.54) is 11.3 Å². The third kappa shape index (κ3) is 5.19. The van der Waals surface area contributed by atoms with Gasteiger partial charge in [0, 0.05) is 19.7 Å². The van der Waals surface area contributed by atoms with Crippen LogP contribution in [0.3, 0.4) is 0 Å². The van der Waals surface area contributed by atoms with E-state index in [1.807, 2.05) is 33.2 Å². The third-order valence-corrected chi connectivity index (χ3v) is 5.39. The van der Waals surface area contributed by atoms with Crippen LogP contribution in [0.2, 0.25) is 0 Å². The summed E-state index contributed by atoms with van der Waals surface area (Å²) in [5.41, 5.74) is 0.462. The van der Waals surface area contributed by atoms with E-state index >= 15 is 0 Å². The quantitative estimate of drug-likeness (QED) is 0.765. The van der Waals surface area contributed by atoms with Crippen molar-refractivity contribution in [2.24, 2.45) is 0 Å². The predicted molar refractivity (Wildman–Crippen MR) is 78.0 cm³/mol. The van der Waals surface area contributed by atoms with Gasteiger partial charge in [-0.3, -0.25) is 0 Å². The molecule has 19 heavy (non-hydrogen) atoms. The Morgan fingerprint density at radius 2 is 2.11 bits per heavy atom. The minimum atomic E-state index is -3.45. The Bertz CT molecular complexity index is 495. The average molecular weight is 306 g/mol. The molecule has 7 heteroatoms. The smallest absolute Gasteiger partial charge is 0.250 e. The number of hydrogen-bond acceptors (Lipinski definition) is 5. The standard InChI is InChI=1S/C12H22N2O3S2/c1-5-17-12(2,3)9-14-19(15,16)11-6-10(7-13-4)8-18-11/h6,8,13-14H,5,7,9H2,1-4H3. The van der Waals surface area contributed by atoms with Gasteiger partial charge in [-0.05, 0) is 44.8 Å². The van der Waals surface area contributed by atoms with Crippen LogP contribution in [0.1, 0.15) is 26.3 Å². The summed E-state index contributed by atoms with van der Waals surface area (Å²) in [6.07, 6.45) is 0. The Morgan fingerprint density at radius 3 is 2.68 bits per heavy atom. The monoisotopic (exact) mass is 306 g/mol. The molecule has 0 aromatic carbocycles. The average Bonchev–Trinajstić information content (AvgIpc) is 2.77. The van der Waals surface area contributed by atoms with E-state index in [0.29, 0.717) is 17.4 Å². The fraction of sp³-hybridized carbons (Fsp3) is 0.667. The van der Waals surface area contributed by atoms with E-state index in [4.69, 9.17) is 4.74 Å². The molecular formula is C12H22N2O3S2. The van der Waals surface area contributed by atoms with Gasteiger partial charge in [-0.1, -0.05) is 0 Å². The number of sulfonamides is 1. The first-order valence-corrected chi connectivity index (χ1v) is 8.52. The van der Waals surface area contributed by atoms with Gasteiger partial charge < -0.3 is 10.1 Å². The molecule has 0 aliphatic heterocycles. The Morgan fingerprint density at radius 1 is 1.42 bits per heavy atom. The summed E-state index contributed by atoms with van der Waals surface area (Å²) in [6.45, 7) is 7.08. The van der Waals surface area contributed by atoms with Crippen molar-refractivity contribution in [3.63, 3.8) is 0 Å². The molecule has 0 aliphatic rings. The lowest BCUT2D eigenvalue weighted by molar-refractivity contribution is -0.00514. The summed E-state index contributed by atoms with van der Waals surface area (Å²) in [5.74, 6) is 0. The SMILES string of the molecule is CCOC(C)(C)CNS(=O)(=O)c1cc(CNC)cs1. The summed E-state index contributed by atoms with van der Waals surface area (Å²) >= 11 is 1.23. The topological polar surface area (TPSA) is 67.4 Å². The van der Waals surface area contributed by atoms with Crippen molar-refractivity contribution in [1.82, 2.24) is 10.0 Å². The normalized spacial score (nSPS) is 12.8. The highest BCUT2D eigenvalue weighted by molar-refractivity contribution is 7.91. The van der Waals surface area contributed by atoms with Gasteiger partial charge in [0.05, 0.1) is 5.60 Å². The van der Waals surface area contributed by atoms with Crippen molar-refractivity contribution in [2.75, 3.05) is 20.2 Å². The number of thiophene rings is 1. The molecule has 2 N–H and O–H groups in total. The molecule has 5 nitrogen and oxygen atoms in total. The van der Waals surface area contributed by atoms with Gasteiger partial charge in [0.2, 0.25) is 10.0 Å². The van der Waals surface area contributed by atoms with Gasteiger partial charge in [0.1, 0.15) is 4.21 Å². The minimum Gasteiger partial charge on any atom is -0.375 e. The summed E-state index contributed by atoms with van der Waals surface area (Å²) in [6, 6.07) is 1.69. The molecule has 1 rings (SSSR count). The molecular weight excluding hydrogens is 284 g/mol. The zero-order valence-corrected chi connectivity index (χ0v) is 13.5. The summed E-state index contributed by atoms with van der Waals surface area (Å²) in [4.78, 5) is 0. The second kappa shape index (κ2) is 6.81. The van der Waals surface area contributed by atoms with Crippen LogP contribution >= 0.6 is 11.3 Å². The molecule has 1 heterocycles. The number of ether oxygens (including phenoxy) is 1. The van der Waals surface area contributed by atoms with Crippen LogP contribution in [-0.2, 0) is 21.3 Å². The molecule has 0 saturated heterocycles. The van der Waals surface area contributed by atoms with Gasteiger partial charge in [-0.15, -0.1) is 11.3 Å². The zero-order valence-electron chi connectivity index (χ0n) is 11.8. The Balaban J connectivity index is 2.70. The molecule has 110 valence electrons. The maximum atomic E-state index is 12.1. The van der Waals surface area contributed by atoms with Gasteiger partial charge in [-0.25, -0.2) is 13.1 Å². The molecule has 0 radical (unpaired) electrons. The van der Waals surface area contributed by atoms with E-state index in [-0.39, 0.29) is 6.54 Å². The van der Waals surface area contributed by atoms with Crippen LogP contribution < -0.4 is 10.0 Å². The highest BCUT2D eigenvalue weighted by Crippen LogP contribution is 2.20. The molecule has 1 aromatic heterocycles. The molecule has 0 amide bonds. The summed E-state index contributed by atoms with van der Waals surface area (Å²) in [7, 11) is -1.62. The van der Waals surface area contributed by atoms with Crippen molar-refractivity contribution in [3.8, 4) is 0 Å². The van der Waals surface area contributed by atoms with Crippen molar-refractivity contribution in [2.45, 2.75) is 37.1 Å². The first-order valence-electron chi connectivity index (χ1n) is 6.16. The number of hydrogen-bond donors (Lipinski definition) is 2. The fourth-order valence-corrected chi connectivity index (χ4v) is 4.03. The molecule has 0 atom stereocenters. The van der Waals surface area contributed by atoms with Gasteiger partial charge in [0.25, 0.3) is 0 Å². The zero-order chi connectivity index (χ0) is 14.5. The lowest BCUT2D eigenvalue weighted by atomic mass is 10.1. The minimum absolute atomic E-state index is 0.252. The highest BCUT2D eigenvalue weighted by atomic mass is 32.2. The Labute approximate surface area is 119 Å². The van der Waals surface area contributed by atoms with Crippen LogP contribution in [-0.4, -0.2) is 34.2 Å². The van der Waals surface area contributed by atoms with E-state index in [2.05, 4.69) is 10.0 Å². The van der Waals surface area contributed by atoms with Crippen LogP contribution in [0.15, 0.2) is 15.7 Å². The van der Waals surface area contributed by atoms with Crippen molar-refractivity contribution in [1.29, 1.82) is 0 Å². The molecule has 0 saturated carbocycles. The predicted octanol–water partition coefficient (Wildman–Crippen LogP) is 1.56. The maximum Gasteiger partial charge on any atom is 0.250 e. The van der Waals surface area contributed by atoms with Crippen LogP contribution in [0.4, 0.5) is 0 Å².